The molecule has 2 aliphatic rings. The molecule has 0 spiro atoms. The topological polar surface area (TPSA) is 88.8 Å². The Morgan fingerprint density at radius 3 is 2.85 bits per heavy atom. The van der Waals surface area contributed by atoms with Crippen LogP contribution in [0.1, 0.15) is 53.5 Å². The largest absolute Gasteiger partial charge is 0.348 e. The molecule has 2 aromatic heterocycles. The van der Waals surface area contributed by atoms with Crippen molar-refractivity contribution in [2.45, 2.75) is 45.6 Å². The van der Waals surface area contributed by atoms with E-state index in [0.29, 0.717) is 11.0 Å². The highest BCUT2D eigenvalue weighted by Gasteiger charge is 2.29. The molecule has 0 saturated carbocycles. The molecule has 1 N–H and O–H groups in total. The normalized spacial score (nSPS) is 17.2. The number of thiazole rings is 1. The minimum atomic E-state index is -0.0801. The van der Waals surface area contributed by atoms with E-state index in [0.717, 1.165) is 44.5 Å². The summed E-state index contributed by atoms with van der Waals surface area (Å²) in [6.07, 6.45) is 4.12. The average Bonchev–Trinajstić information content (AvgIpc) is 3.18. The lowest BCUT2D eigenvalue weighted by atomic mass is 9.97. The van der Waals surface area contributed by atoms with Crippen LogP contribution in [0.15, 0.2) is 5.57 Å². The van der Waals surface area contributed by atoms with Crippen LogP contribution in [-0.2, 0) is 13.5 Å². The van der Waals surface area contributed by atoms with Crippen molar-refractivity contribution in [1.29, 1.82) is 0 Å². The maximum Gasteiger partial charge on any atom is 0.280 e. The molecule has 26 heavy (non-hydrogen) atoms. The fourth-order valence-corrected chi connectivity index (χ4v) is 4.63. The first-order valence-electron chi connectivity index (χ1n) is 9.02. The zero-order chi connectivity index (χ0) is 18.3. The number of anilines is 1. The van der Waals surface area contributed by atoms with Gasteiger partial charge in [-0.05, 0) is 50.3 Å². The van der Waals surface area contributed by atoms with Gasteiger partial charge in [0.05, 0.1) is 17.6 Å². The lowest BCUT2D eigenvalue weighted by Crippen LogP contribution is -2.32. The second kappa shape index (κ2) is 6.79. The van der Waals surface area contributed by atoms with Gasteiger partial charge >= 0.3 is 0 Å². The van der Waals surface area contributed by atoms with Crippen molar-refractivity contribution in [1.82, 2.24) is 30.5 Å². The summed E-state index contributed by atoms with van der Waals surface area (Å²) in [6.45, 7) is 5.58. The maximum atomic E-state index is 12.4. The lowest BCUT2D eigenvalue weighted by Gasteiger charge is -2.29. The molecule has 0 bridgehead atoms. The third kappa shape index (κ3) is 3.23. The number of rotatable bonds is 3. The van der Waals surface area contributed by atoms with Crippen molar-refractivity contribution in [3.05, 3.63) is 21.2 Å². The quantitative estimate of drug-likeness (QED) is 0.883. The molecule has 0 radical (unpaired) electrons. The molecule has 4 rings (SSSR count). The fourth-order valence-electron chi connectivity index (χ4n) is 3.53. The molecule has 1 aliphatic heterocycles. The van der Waals surface area contributed by atoms with Crippen LogP contribution < -0.4 is 10.2 Å². The van der Waals surface area contributed by atoms with Crippen molar-refractivity contribution >= 4 is 28.8 Å². The Hall–Kier alpha value is -2.29. The molecule has 8 nitrogen and oxygen atoms in total. The SMILES string of the molecule is CC(C)NC(=O)c1nc2c(s1)C1=C(CCC2)CCN(c2nnn(C)n2)C1. The van der Waals surface area contributed by atoms with Gasteiger partial charge in [0.25, 0.3) is 11.9 Å². The summed E-state index contributed by atoms with van der Waals surface area (Å²) < 4.78 is 0. The first-order valence-corrected chi connectivity index (χ1v) is 9.83. The summed E-state index contributed by atoms with van der Waals surface area (Å²) in [5, 5.41) is 15.9. The van der Waals surface area contributed by atoms with Crippen molar-refractivity contribution in [2.75, 3.05) is 18.0 Å². The van der Waals surface area contributed by atoms with Crippen LogP contribution in [0, 0.1) is 0 Å². The van der Waals surface area contributed by atoms with Crippen LogP contribution in [0.4, 0.5) is 5.95 Å². The first-order chi connectivity index (χ1) is 12.5. The number of nitrogens with one attached hydrogen (secondary N) is 1. The van der Waals surface area contributed by atoms with Gasteiger partial charge in [-0.3, -0.25) is 4.79 Å². The Morgan fingerprint density at radius 2 is 2.12 bits per heavy atom. The number of carbonyl (C=O) groups is 1. The summed E-state index contributed by atoms with van der Waals surface area (Å²) in [5.41, 5.74) is 3.85. The number of aromatic nitrogens is 5. The van der Waals surface area contributed by atoms with Crippen LogP contribution in [0.5, 0.6) is 0 Å². The van der Waals surface area contributed by atoms with E-state index in [9.17, 15) is 4.79 Å². The fraction of sp³-hybridized carbons (Fsp3) is 0.588. The van der Waals surface area contributed by atoms with Crippen molar-refractivity contribution in [3.63, 3.8) is 0 Å². The highest BCUT2D eigenvalue weighted by atomic mass is 32.1. The summed E-state index contributed by atoms with van der Waals surface area (Å²) in [4.78, 5) is 21.9. The lowest BCUT2D eigenvalue weighted by molar-refractivity contribution is 0.0942. The van der Waals surface area contributed by atoms with Crippen LogP contribution in [0.25, 0.3) is 5.57 Å². The van der Waals surface area contributed by atoms with Gasteiger partial charge in [-0.25, -0.2) is 4.98 Å². The van der Waals surface area contributed by atoms with E-state index in [1.807, 2.05) is 13.8 Å². The molecule has 1 amide bonds. The minimum absolute atomic E-state index is 0.0801. The third-order valence-corrected chi connectivity index (χ3v) is 5.87. The number of aryl methyl sites for hydroxylation is 2. The Bertz CT molecular complexity index is 866. The highest BCUT2D eigenvalue weighted by molar-refractivity contribution is 7.14. The van der Waals surface area contributed by atoms with Crippen molar-refractivity contribution in [3.8, 4) is 0 Å². The van der Waals surface area contributed by atoms with Gasteiger partial charge in [0.2, 0.25) is 0 Å². The molecule has 0 saturated heterocycles. The monoisotopic (exact) mass is 373 g/mol. The number of amides is 1. The Labute approximate surface area is 156 Å². The van der Waals surface area contributed by atoms with Crippen LogP contribution >= 0.6 is 11.3 Å². The van der Waals surface area contributed by atoms with Gasteiger partial charge < -0.3 is 10.2 Å². The molecule has 2 aromatic rings. The number of carbonyl (C=O) groups excluding carboxylic acids is 1. The second-order valence-corrected chi connectivity index (χ2v) is 8.11. The summed E-state index contributed by atoms with van der Waals surface area (Å²) in [7, 11) is 1.78. The van der Waals surface area contributed by atoms with Gasteiger partial charge in [-0.1, -0.05) is 10.7 Å². The smallest absolute Gasteiger partial charge is 0.280 e. The zero-order valence-electron chi connectivity index (χ0n) is 15.3. The van der Waals surface area contributed by atoms with Crippen LogP contribution in [0.3, 0.4) is 0 Å². The number of fused-ring (bicyclic) bond motifs is 2. The Balaban J connectivity index is 1.65. The maximum absolute atomic E-state index is 12.4. The number of hydrogen-bond donors (Lipinski definition) is 1. The third-order valence-electron chi connectivity index (χ3n) is 4.72. The predicted octanol–water partition coefficient (Wildman–Crippen LogP) is 1.80. The molecule has 9 heteroatoms. The molecule has 0 aromatic carbocycles. The molecule has 0 unspecified atom stereocenters. The standard InChI is InChI=1S/C17H23N7OS/c1-10(2)18-15(25)16-19-13-6-4-5-11-7-8-24(9-12(11)14(13)26-16)17-20-22-23(3)21-17/h10H,4-9H2,1-3H3,(H,18,25). The molecule has 0 fully saturated rings. The summed E-state index contributed by atoms with van der Waals surface area (Å²) >= 11 is 1.52. The molecule has 138 valence electrons. The predicted molar refractivity (Wildman–Crippen MR) is 100 cm³/mol. The molecule has 3 heterocycles. The zero-order valence-corrected chi connectivity index (χ0v) is 16.1. The van der Waals surface area contributed by atoms with Gasteiger partial charge in [0.15, 0.2) is 5.01 Å². The molecular weight excluding hydrogens is 350 g/mol. The van der Waals surface area contributed by atoms with E-state index in [1.165, 1.54) is 32.2 Å². The van der Waals surface area contributed by atoms with Crippen molar-refractivity contribution in [2.24, 2.45) is 7.05 Å². The van der Waals surface area contributed by atoms with Gasteiger partial charge in [-0.2, -0.15) is 4.80 Å². The van der Waals surface area contributed by atoms with Gasteiger partial charge in [-0.15, -0.1) is 16.4 Å². The number of hydrogen-bond acceptors (Lipinski definition) is 7. The van der Waals surface area contributed by atoms with E-state index in [4.69, 9.17) is 0 Å². The van der Waals surface area contributed by atoms with Gasteiger partial charge in [0, 0.05) is 19.1 Å². The molecule has 0 atom stereocenters. The molecular formula is C17H23N7OS. The van der Waals surface area contributed by atoms with Crippen molar-refractivity contribution < 1.29 is 4.79 Å². The Morgan fingerprint density at radius 1 is 1.27 bits per heavy atom. The molecule has 1 aliphatic carbocycles. The van der Waals surface area contributed by atoms with Gasteiger partial charge in [0.1, 0.15) is 0 Å². The summed E-state index contributed by atoms with van der Waals surface area (Å²) in [5.74, 6) is 0.579. The summed E-state index contributed by atoms with van der Waals surface area (Å²) in [6, 6.07) is 0.105. The van der Waals surface area contributed by atoms with E-state index < -0.39 is 0 Å². The second-order valence-electron chi connectivity index (χ2n) is 7.11. The highest BCUT2D eigenvalue weighted by Crippen LogP contribution is 2.38. The van der Waals surface area contributed by atoms with E-state index in [2.05, 4.69) is 30.6 Å². The van der Waals surface area contributed by atoms with E-state index >= 15 is 0 Å². The number of nitrogens with zero attached hydrogens (tertiary/aromatic N) is 6. The van der Waals surface area contributed by atoms with Crippen LogP contribution in [0.2, 0.25) is 0 Å². The minimum Gasteiger partial charge on any atom is -0.348 e. The average molecular weight is 373 g/mol. The number of tetrazole rings is 1. The van der Waals surface area contributed by atoms with E-state index in [1.54, 1.807) is 7.05 Å². The first kappa shape index (κ1) is 17.1. The Kier molecular flexibility index (Phi) is 4.47. The van der Waals surface area contributed by atoms with Crippen LogP contribution in [-0.4, -0.2) is 50.2 Å². The van der Waals surface area contributed by atoms with E-state index in [-0.39, 0.29) is 11.9 Å².